The second kappa shape index (κ2) is 7.85. The molecule has 7 heteroatoms. The summed E-state index contributed by atoms with van der Waals surface area (Å²) in [4.78, 5) is 6.49. The molecule has 0 spiro atoms. The number of benzene rings is 2. The number of likely N-dealkylation sites (tertiary alicyclic amines) is 1. The second-order valence-electron chi connectivity index (χ2n) is 6.53. The molecule has 1 aromatic heterocycles. The molecule has 0 N–H and O–H groups in total. The van der Waals surface area contributed by atoms with Crippen LogP contribution in [0.15, 0.2) is 53.1 Å². The number of methoxy groups -OCH3 is 1. The van der Waals surface area contributed by atoms with Gasteiger partial charge in [0.1, 0.15) is 24.3 Å². The Morgan fingerprint density at radius 2 is 2.00 bits per heavy atom. The molecule has 0 bridgehead atoms. The van der Waals surface area contributed by atoms with Crippen LogP contribution in [0.25, 0.3) is 11.4 Å². The first-order chi connectivity index (χ1) is 13.2. The van der Waals surface area contributed by atoms with Crippen molar-refractivity contribution in [3.63, 3.8) is 0 Å². The third-order valence-electron chi connectivity index (χ3n) is 4.37. The van der Waals surface area contributed by atoms with E-state index >= 15 is 0 Å². The predicted molar refractivity (Wildman–Crippen MR) is 96.5 cm³/mol. The maximum atomic E-state index is 13.2. The van der Waals surface area contributed by atoms with E-state index in [9.17, 15) is 4.39 Å². The molecule has 0 aliphatic carbocycles. The highest BCUT2D eigenvalue weighted by molar-refractivity contribution is 5.55. The molecule has 2 aromatic carbocycles. The second-order valence-corrected chi connectivity index (χ2v) is 6.53. The van der Waals surface area contributed by atoms with Crippen LogP contribution < -0.4 is 4.74 Å². The first kappa shape index (κ1) is 17.6. The van der Waals surface area contributed by atoms with Crippen molar-refractivity contribution in [1.82, 2.24) is 15.0 Å². The summed E-state index contributed by atoms with van der Waals surface area (Å²) in [5, 5.41) is 3.94. The lowest BCUT2D eigenvalue weighted by atomic mass is 10.1. The number of hydrogen-bond donors (Lipinski definition) is 0. The smallest absolute Gasteiger partial charge is 0.252 e. The minimum absolute atomic E-state index is 0.142. The van der Waals surface area contributed by atoms with Crippen molar-refractivity contribution < 1.29 is 18.4 Å². The van der Waals surface area contributed by atoms with Crippen LogP contribution in [0.5, 0.6) is 5.75 Å². The van der Waals surface area contributed by atoms with Crippen LogP contribution in [0.3, 0.4) is 0 Å². The zero-order chi connectivity index (χ0) is 18.6. The Morgan fingerprint density at radius 1 is 1.19 bits per heavy atom. The van der Waals surface area contributed by atoms with E-state index in [0.29, 0.717) is 18.3 Å². The Kier molecular flexibility index (Phi) is 5.13. The lowest BCUT2D eigenvalue weighted by Gasteiger charge is -2.39. The molecule has 1 aliphatic rings. The van der Waals surface area contributed by atoms with Crippen LogP contribution in [-0.4, -0.2) is 41.3 Å². The average Bonchev–Trinajstić information content (AvgIpc) is 3.09. The van der Waals surface area contributed by atoms with Gasteiger partial charge in [-0.25, -0.2) is 4.39 Å². The summed E-state index contributed by atoms with van der Waals surface area (Å²) in [5.74, 6) is 1.57. The van der Waals surface area contributed by atoms with Gasteiger partial charge in [0.2, 0.25) is 5.82 Å². The van der Waals surface area contributed by atoms with Gasteiger partial charge in [-0.2, -0.15) is 4.98 Å². The van der Waals surface area contributed by atoms with Gasteiger partial charge in [-0.15, -0.1) is 0 Å². The third kappa shape index (κ3) is 4.32. The Balaban J connectivity index is 1.28. The minimum atomic E-state index is -0.197. The molecular formula is C20H20FN3O3. The van der Waals surface area contributed by atoms with Crippen LogP contribution in [-0.2, 0) is 17.9 Å². The highest BCUT2D eigenvalue weighted by Gasteiger charge is 2.28. The topological polar surface area (TPSA) is 60.6 Å². The van der Waals surface area contributed by atoms with E-state index in [0.717, 1.165) is 36.5 Å². The Labute approximate surface area is 156 Å². The summed E-state index contributed by atoms with van der Waals surface area (Å²) in [5.41, 5.74) is 1.83. The molecule has 0 atom stereocenters. The largest absolute Gasteiger partial charge is 0.488 e. The first-order valence-corrected chi connectivity index (χ1v) is 8.75. The SMILES string of the molecule is COCc1nc(-c2ccc(OC3CN(Cc4cccc(F)c4)C3)cc2)no1. The summed E-state index contributed by atoms with van der Waals surface area (Å²) in [6, 6.07) is 14.3. The molecule has 0 saturated carbocycles. The summed E-state index contributed by atoms with van der Waals surface area (Å²) in [7, 11) is 1.58. The van der Waals surface area contributed by atoms with Crippen LogP contribution >= 0.6 is 0 Å². The molecule has 2 heterocycles. The molecule has 1 saturated heterocycles. The summed E-state index contributed by atoms with van der Waals surface area (Å²) in [6.07, 6.45) is 0.142. The van der Waals surface area contributed by atoms with Crippen LogP contribution in [0, 0.1) is 5.82 Å². The predicted octanol–water partition coefficient (Wildman–Crippen LogP) is 3.29. The van der Waals surface area contributed by atoms with E-state index in [4.69, 9.17) is 14.0 Å². The van der Waals surface area contributed by atoms with Gasteiger partial charge in [0.05, 0.1) is 0 Å². The summed E-state index contributed by atoms with van der Waals surface area (Å²) in [6.45, 7) is 2.67. The molecule has 140 valence electrons. The molecule has 0 unspecified atom stereocenters. The van der Waals surface area contributed by atoms with Crippen molar-refractivity contribution in [1.29, 1.82) is 0 Å². The van der Waals surface area contributed by atoms with Gasteiger partial charge in [-0.1, -0.05) is 17.3 Å². The zero-order valence-corrected chi connectivity index (χ0v) is 15.0. The third-order valence-corrected chi connectivity index (χ3v) is 4.37. The quantitative estimate of drug-likeness (QED) is 0.637. The van der Waals surface area contributed by atoms with Gasteiger partial charge in [0.25, 0.3) is 5.89 Å². The van der Waals surface area contributed by atoms with Gasteiger partial charge in [0, 0.05) is 32.3 Å². The van der Waals surface area contributed by atoms with Crippen LogP contribution in [0.2, 0.25) is 0 Å². The molecule has 3 aromatic rings. The maximum absolute atomic E-state index is 13.2. The average molecular weight is 369 g/mol. The van der Waals surface area contributed by atoms with Gasteiger partial charge in [-0.05, 0) is 42.0 Å². The van der Waals surface area contributed by atoms with Crippen molar-refractivity contribution in [3.05, 3.63) is 65.8 Å². The molecule has 0 radical (unpaired) electrons. The number of aromatic nitrogens is 2. The molecule has 4 rings (SSSR count). The molecule has 0 amide bonds. The number of nitrogens with zero attached hydrogens (tertiary/aromatic N) is 3. The van der Waals surface area contributed by atoms with E-state index in [1.165, 1.54) is 6.07 Å². The van der Waals surface area contributed by atoms with Crippen molar-refractivity contribution in [2.45, 2.75) is 19.3 Å². The van der Waals surface area contributed by atoms with Gasteiger partial charge in [0.15, 0.2) is 0 Å². The highest BCUT2D eigenvalue weighted by Crippen LogP contribution is 2.23. The van der Waals surface area contributed by atoms with Crippen molar-refractivity contribution in [2.75, 3.05) is 20.2 Å². The standard InChI is InChI=1S/C20H20FN3O3/c1-25-13-19-22-20(23-27-19)15-5-7-17(8-6-15)26-18-11-24(12-18)10-14-3-2-4-16(21)9-14/h2-9,18H,10-13H2,1H3. The lowest BCUT2D eigenvalue weighted by Crippen LogP contribution is -2.53. The fourth-order valence-corrected chi connectivity index (χ4v) is 3.05. The molecule has 1 aliphatic heterocycles. The fraction of sp³-hybridized carbons (Fsp3) is 0.300. The van der Waals surface area contributed by atoms with E-state index in [1.807, 2.05) is 30.3 Å². The normalized spacial score (nSPS) is 14.9. The molecule has 27 heavy (non-hydrogen) atoms. The number of halogens is 1. The van der Waals surface area contributed by atoms with Crippen molar-refractivity contribution in [2.24, 2.45) is 0 Å². The Bertz CT molecular complexity index is 891. The first-order valence-electron chi connectivity index (χ1n) is 8.75. The number of hydrogen-bond acceptors (Lipinski definition) is 6. The Morgan fingerprint density at radius 3 is 2.74 bits per heavy atom. The number of ether oxygens (including phenoxy) is 2. The van der Waals surface area contributed by atoms with Gasteiger partial charge >= 0.3 is 0 Å². The van der Waals surface area contributed by atoms with E-state index in [2.05, 4.69) is 15.0 Å². The lowest BCUT2D eigenvalue weighted by molar-refractivity contribution is 0.0145. The van der Waals surface area contributed by atoms with Gasteiger partial charge < -0.3 is 14.0 Å². The molecule has 6 nitrogen and oxygen atoms in total. The molecule has 1 fully saturated rings. The maximum Gasteiger partial charge on any atom is 0.252 e. The Hall–Kier alpha value is -2.77. The van der Waals surface area contributed by atoms with E-state index in [-0.39, 0.29) is 11.9 Å². The van der Waals surface area contributed by atoms with Crippen molar-refractivity contribution >= 4 is 0 Å². The fourth-order valence-electron chi connectivity index (χ4n) is 3.05. The van der Waals surface area contributed by atoms with E-state index in [1.54, 1.807) is 19.2 Å². The molecular weight excluding hydrogens is 349 g/mol. The van der Waals surface area contributed by atoms with Crippen molar-refractivity contribution in [3.8, 4) is 17.1 Å². The van der Waals surface area contributed by atoms with Crippen LogP contribution in [0.1, 0.15) is 11.5 Å². The summed E-state index contributed by atoms with van der Waals surface area (Å²) >= 11 is 0. The van der Waals surface area contributed by atoms with Crippen LogP contribution in [0.4, 0.5) is 4.39 Å². The number of rotatable bonds is 7. The summed E-state index contributed by atoms with van der Waals surface area (Å²) < 4.78 is 29.3. The highest BCUT2D eigenvalue weighted by atomic mass is 19.1. The monoisotopic (exact) mass is 369 g/mol. The van der Waals surface area contributed by atoms with E-state index < -0.39 is 0 Å². The van der Waals surface area contributed by atoms with Gasteiger partial charge in [-0.3, -0.25) is 4.90 Å². The zero-order valence-electron chi connectivity index (χ0n) is 15.0. The minimum Gasteiger partial charge on any atom is -0.488 e.